The molecule has 3 N–H and O–H groups in total. The molecule has 1 fully saturated rings. The van der Waals surface area contributed by atoms with Gasteiger partial charge in [-0.3, -0.25) is 14.9 Å². The molecule has 1 aromatic rings. The summed E-state index contributed by atoms with van der Waals surface area (Å²) in [6, 6.07) is 0.545. The van der Waals surface area contributed by atoms with Crippen LogP contribution in [0, 0.1) is 5.92 Å². The highest BCUT2D eigenvalue weighted by Crippen LogP contribution is 2.36. The minimum absolute atomic E-state index is 0.0876. The Balaban J connectivity index is 1.98. The van der Waals surface area contributed by atoms with Crippen molar-refractivity contribution in [1.82, 2.24) is 16.0 Å². The predicted molar refractivity (Wildman–Crippen MR) is 96.7 cm³/mol. The van der Waals surface area contributed by atoms with Crippen molar-refractivity contribution in [3.05, 3.63) is 34.9 Å². The lowest BCUT2D eigenvalue weighted by Crippen LogP contribution is -2.51. The smallest absolute Gasteiger partial charge is 0.352 e. The van der Waals surface area contributed by atoms with E-state index in [1.807, 2.05) is 0 Å². The Hall–Kier alpha value is -2.51. The third-order valence-corrected chi connectivity index (χ3v) is 4.88. The molecule has 0 spiro atoms. The van der Waals surface area contributed by atoms with E-state index in [4.69, 9.17) is 0 Å². The van der Waals surface area contributed by atoms with Crippen molar-refractivity contribution >= 4 is 11.8 Å². The second-order valence-electron chi connectivity index (χ2n) is 7.58. The van der Waals surface area contributed by atoms with Gasteiger partial charge in [-0.1, -0.05) is 0 Å². The average Bonchev–Trinajstić information content (AvgIpc) is 2.68. The Labute approximate surface area is 182 Å². The second kappa shape index (κ2) is 10.2. The first-order valence-corrected chi connectivity index (χ1v) is 9.72. The highest BCUT2D eigenvalue weighted by atomic mass is 19.4. The van der Waals surface area contributed by atoms with Crippen molar-refractivity contribution in [1.29, 1.82) is 0 Å². The first-order chi connectivity index (χ1) is 15.0. The number of carbonyl (C=O) groups is 2. The molecule has 1 aliphatic heterocycles. The largest absolute Gasteiger partial charge is 0.416 e. The number of nitrogens with one attached hydrogen (secondary N) is 3. The van der Waals surface area contributed by atoms with Gasteiger partial charge in [-0.2, -0.15) is 39.5 Å². The molecule has 0 saturated carbocycles. The van der Waals surface area contributed by atoms with Gasteiger partial charge in [0.05, 0.1) is 23.7 Å². The summed E-state index contributed by atoms with van der Waals surface area (Å²) in [5, 5.41) is 7.53. The molecule has 1 aromatic carbocycles. The Morgan fingerprint density at radius 1 is 0.939 bits per heavy atom. The SMILES string of the molecule is O=C(CCC(F)(F)F)NC1CC(CNC(=O)c2cc(C(F)(F)F)cc(C(F)(F)F)c2)CCN1. The minimum atomic E-state index is -5.09. The summed E-state index contributed by atoms with van der Waals surface area (Å²) in [7, 11) is 0. The average molecular weight is 493 g/mol. The normalized spacial score (nSPS) is 19.8. The zero-order chi connectivity index (χ0) is 25.0. The quantitative estimate of drug-likeness (QED) is 0.520. The van der Waals surface area contributed by atoms with E-state index in [9.17, 15) is 49.1 Å². The lowest BCUT2D eigenvalue weighted by Gasteiger charge is -2.31. The molecule has 2 unspecified atom stereocenters. The summed E-state index contributed by atoms with van der Waals surface area (Å²) in [5.74, 6) is -2.30. The number of carbonyl (C=O) groups excluding carboxylic acids is 2. The molecule has 0 radical (unpaired) electrons. The number of hydrogen-bond acceptors (Lipinski definition) is 3. The standard InChI is InChI=1S/C19H20F9N3O2/c20-17(21,22)3-1-15(32)31-14-5-10(2-4-29-14)9-30-16(33)11-6-12(18(23,24)25)8-13(7-11)19(26,27)28/h6-8,10,14,29H,1-5,9H2,(H,30,33)(H,31,32). The number of piperidine rings is 1. The summed E-state index contributed by atoms with van der Waals surface area (Å²) in [6.45, 7) is 0.208. The Morgan fingerprint density at radius 2 is 1.52 bits per heavy atom. The number of rotatable bonds is 6. The van der Waals surface area contributed by atoms with Crippen molar-refractivity contribution in [3.8, 4) is 0 Å². The highest BCUT2D eigenvalue weighted by Gasteiger charge is 2.37. The first-order valence-electron chi connectivity index (χ1n) is 9.72. The van der Waals surface area contributed by atoms with Crippen molar-refractivity contribution in [2.75, 3.05) is 13.1 Å². The molecule has 2 atom stereocenters. The lowest BCUT2D eigenvalue weighted by molar-refractivity contribution is -0.144. The molecular weight excluding hydrogens is 473 g/mol. The van der Waals surface area contributed by atoms with Crippen LogP contribution in [-0.4, -0.2) is 37.2 Å². The minimum Gasteiger partial charge on any atom is -0.352 e. The highest BCUT2D eigenvalue weighted by molar-refractivity contribution is 5.94. The van der Waals surface area contributed by atoms with Gasteiger partial charge in [0, 0.05) is 18.5 Å². The molecule has 2 rings (SSSR count). The predicted octanol–water partition coefficient (Wildman–Crippen LogP) is 4.24. The van der Waals surface area contributed by atoms with E-state index in [1.165, 1.54) is 0 Å². The maximum Gasteiger partial charge on any atom is 0.416 e. The summed E-state index contributed by atoms with van der Waals surface area (Å²) >= 11 is 0. The summed E-state index contributed by atoms with van der Waals surface area (Å²) in [6.07, 6.45) is -16.8. The van der Waals surface area contributed by atoms with Crippen molar-refractivity contribution < 1.29 is 49.1 Å². The van der Waals surface area contributed by atoms with Gasteiger partial charge in [-0.05, 0) is 43.5 Å². The Morgan fingerprint density at radius 3 is 2.03 bits per heavy atom. The summed E-state index contributed by atoms with van der Waals surface area (Å²) in [4.78, 5) is 23.9. The monoisotopic (exact) mass is 493 g/mol. The third kappa shape index (κ3) is 8.74. The van der Waals surface area contributed by atoms with Gasteiger partial charge in [-0.25, -0.2) is 0 Å². The van der Waals surface area contributed by atoms with Crippen LogP contribution >= 0.6 is 0 Å². The zero-order valence-electron chi connectivity index (χ0n) is 16.8. The Kier molecular flexibility index (Phi) is 8.25. The van der Waals surface area contributed by atoms with Gasteiger partial charge in [0.1, 0.15) is 0 Å². The van der Waals surface area contributed by atoms with Crippen LogP contribution in [0.25, 0.3) is 0 Å². The molecule has 2 amide bonds. The topological polar surface area (TPSA) is 70.2 Å². The van der Waals surface area contributed by atoms with Gasteiger partial charge in [0.25, 0.3) is 5.91 Å². The van der Waals surface area contributed by atoms with Crippen LogP contribution in [0.3, 0.4) is 0 Å². The van der Waals surface area contributed by atoms with Gasteiger partial charge in [0.15, 0.2) is 0 Å². The molecule has 1 aliphatic rings. The van der Waals surface area contributed by atoms with Gasteiger partial charge in [-0.15, -0.1) is 0 Å². The van der Waals surface area contributed by atoms with E-state index in [1.54, 1.807) is 0 Å². The maximum absolute atomic E-state index is 12.9. The summed E-state index contributed by atoms with van der Waals surface area (Å²) in [5.41, 5.74) is -4.06. The van der Waals surface area contributed by atoms with Crippen LogP contribution in [0.1, 0.15) is 47.2 Å². The van der Waals surface area contributed by atoms with Crippen molar-refractivity contribution in [3.63, 3.8) is 0 Å². The van der Waals surface area contributed by atoms with Gasteiger partial charge >= 0.3 is 18.5 Å². The molecular formula is C19H20F9N3O2. The molecule has 0 bridgehead atoms. The van der Waals surface area contributed by atoms with Crippen LogP contribution < -0.4 is 16.0 Å². The zero-order valence-corrected chi connectivity index (χ0v) is 16.8. The van der Waals surface area contributed by atoms with Crippen molar-refractivity contribution in [2.24, 2.45) is 5.92 Å². The maximum atomic E-state index is 12.9. The van der Waals surface area contributed by atoms with Crippen molar-refractivity contribution in [2.45, 2.75) is 50.4 Å². The van der Waals surface area contributed by atoms with E-state index in [2.05, 4.69) is 16.0 Å². The van der Waals surface area contributed by atoms with Crippen LogP contribution in [0.4, 0.5) is 39.5 Å². The number of amides is 2. The first kappa shape index (κ1) is 26.7. The number of benzene rings is 1. The molecule has 33 heavy (non-hydrogen) atoms. The molecule has 14 heteroatoms. The molecule has 1 saturated heterocycles. The fourth-order valence-corrected chi connectivity index (χ4v) is 3.24. The van der Waals surface area contributed by atoms with Crippen LogP contribution in [0.2, 0.25) is 0 Å². The van der Waals surface area contributed by atoms with Gasteiger partial charge < -0.3 is 10.6 Å². The molecule has 1 heterocycles. The summed E-state index contributed by atoms with van der Waals surface area (Å²) < 4.78 is 114. The van der Waals surface area contributed by atoms with Crippen LogP contribution in [-0.2, 0) is 17.1 Å². The molecule has 0 aliphatic carbocycles. The van der Waals surface area contributed by atoms with E-state index >= 15 is 0 Å². The number of hydrogen-bond donors (Lipinski definition) is 3. The fourth-order valence-electron chi connectivity index (χ4n) is 3.24. The lowest BCUT2D eigenvalue weighted by atomic mass is 9.95. The molecule has 186 valence electrons. The fraction of sp³-hybridized carbons (Fsp3) is 0.579. The van der Waals surface area contributed by atoms with E-state index in [-0.39, 0.29) is 24.9 Å². The van der Waals surface area contributed by atoms with Crippen LogP contribution in [0.15, 0.2) is 18.2 Å². The number of halogens is 9. The van der Waals surface area contributed by atoms with E-state index < -0.39 is 66.0 Å². The van der Waals surface area contributed by atoms with Gasteiger partial charge in [0.2, 0.25) is 5.91 Å². The van der Waals surface area contributed by atoms with E-state index in [0.29, 0.717) is 25.1 Å². The number of alkyl halides is 9. The van der Waals surface area contributed by atoms with E-state index in [0.717, 1.165) is 0 Å². The second-order valence-corrected chi connectivity index (χ2v) is 7.58. The molecule has 5 nitrogen and oxygen atoms in total. The Bertz CT molecular complexity index is 818. The molecule has 0 aromatic heterocycles. The van der Waals surface area contributed by atoms with Crippen LogP contribution in [0.5, 0.6) is 0 Å². The third-order valence-electron chi connectivity index (χ3n) is 4.88.